The van der Waals surface area contributed by atoms with Crippen LogP contribution in [0.25, 0.3) is 11.0 Å². The van der Waals surface area contributed by atoms with E-state index in [1.54, 1.807) is 0 Å². The maximum atomic E-state index is 12.9. The minimum Gasteiger partial charge on any atom is -0.307 e. The Labute approximate surface area is 173 Å². The van der Waals surface area contributed by atoms with E-state index in [1.807, 2.05) is 0 Å². The summed E-state index contributed by atoms with van der Waals surface area (Å²) in [6.45, 7) is 9.13. The van der Waals surface area contributed by atoms with Crippen molar-refractivity contribution in [2.45, 2.75) is 84.1 Å². The Morgan fingerprint density at radius 2 is 1.86 bits per heavy atom. The number of piperidine rings is 1. The Morgan fingerprint density at radius 1 is 1.07 bits per heavy atom. The number of fused-ring (bicyclic) bond motifs is 3. The van der Waals surface area contributed by atoms with Crippen molar-refractivity contribution in [2.24, 2.45) is 11.8 Å². The third-order valence-electron chi connectivity index (χ3n) is 7.40. The molecule has 0 radical (unpaired) electrons. The first-order valence-corrected chi connectivity index (χ1v) is 12.0. The lowest BCUT2D eigenvalue weighted by molar-refractivity contribution is 0.146. The zero-order chi connectivity index (χ0) is 20.0. The highest BCUT2D eigenvalue weighted by molar-refractivity contribution is 5.84. The van der Waals surface area contributed by atoms with Gasteiger partial charge in [-0.05, 0) is 75.3 Å². The molecular weight excluding hydrogens is 360 g/mol. The first kappa shape index (κ1) is 19.3. The van der Waals surface area contributed by atoms with E-state index in [9.17, 15) is 4.79 Å². The highest BCUT2D eigenvalue weighted by Gasteiger charge is 2.30. The third-order valence-corrected chi connectivity index (χ3v) is 7.40. The van der Waals surface area contributed by atoms with E-state index in [1.165, 1.54) is 68.3 Å². The molecule has 5 nitrogen and oxygen atoms in total. The van der Waals surface area contributed by atoms with Crippen LogP contribution in [0.5, 0.6) is 0 Å². The molecule has 1 saturated heterocycles. The molecule has 1 aliphatic heterocycles. The number of nitrogens with zero attached hydrogens (tertiary/aromatic N) is 3. The van der Waals surface area contributed by atoms with Crippen molar-refractivity contribution in [2.75, 3.05) is 19.6 Å². The summed E-state index contributed by atoms with van der Waals surface area (Å²) in [6.07, 6.45) is 10.7. The first-order chi connectivity index (χ1) is 14.1. The Bertz CT molecular complexity index is 936. The average Bonchev–Trinajstić information content (AvgIpc) is 2.98. The molecule has 2 fully saturated rings. The molecule has 0 amide bonds. The molecule has 0 bridgehead atoms. The van der Waals surface area contributed by atoms with Gasteiger partial charge < -0.3 is 9.88 Å². The minimum absolute atomic E-state index is 0.138. The van der Waals surface area contributed by atoms with Crippen LogP contribution in [0, 0.1) is 11.8 Å². The van der Waals surface area contributed by atoms with E-state index in [0.29, 0.717) is 17.8 Å². The van der Waals surface area contributed by atoms with Crippen LogP contribution in [-0.2, 0) is 19.4 Å². The first-order valence-electron chi connectivity index (χ1n) is 12.0. The molecule has 3 heterocycles. The predicted octanol–water partition coefficient (Wildman–Crippen LogP) is 4.24. The van der Waals surface area contributed by atoms with Crippen molar-refractivity contribution in [3.63, 3.8) is 0 Å². The summed E-state index contributed by atoms with van der Waals surface area (Å²) in [5.41, 5.74) is 4.81. The number of pyridine rings is 1. The molecule has 1 saturated carbocycles. The normalized spacial score (nSPS) is 23.5. The molecule has 2 aromatic rings. The van der Waals surface area contributed by atoms with Gasteiger partial charge in [-0.2, -0.15) is 5.10 Å². The largest absolute Gasteiger partial charge is 0.307 e. The number of likely N-dealkylation sites (tertiary alicyclic amines) is 1. The number of aryl methyl sites for hydroxylation is 1. The Morgan fingerprint density at radius 3 is 2.59 bits per heavy atom. The summed E-state index contributed by atoms with van der Waals surface area (Å²) < 4.78 is 2.18. The van der Waals surface area contributed by atoms with Gasteiger partial charge in [-0.3, -0.25) is 4.79 Å². The SMILES string of the molecule is CC(C)CN1CCCC(Cn2nc(C3CCC3)c3c4c(c(=O)[nH]c32)CCCC4)C1. The molecule has 2 aromatic heterocycles. The number of hydrogen-bond acceptors (Lipinski definition) is 3. The van der Waals surface area contributed by atoms with Crippen molar-refractivity contribution in [3.8, 4) is 0 Å². The Balaban J connectivity index is 1.51. The molecular formula is C24H36N4O. The molecule has 5 rings (SSSR count). The molecule has 1 N–H and O–H groups in total. The lowest BCUT2D eigenvalue weighted by atomic mass is 9.80. The Kier molecular flexibility index (Phi) is 5.27. The van der Waals surface area contributed by atoms with E-state index < -0.39 is 0 Å². The fraction of sp³-hybridized carbons (Fsp3) is 0.750. The quantitative estimate of drug-likeness (QED) is 0.822. The lowest BCUT2D eigenvalue weighted by Crippen LogP contribution is -2.39. The molecule has 1 unspecified atom stereocenters. The van der Waals surface area contributed by atoms with E-state index in [-0.39, 0.29) is 5.56 Å². The van der Waals surface area contributed by atoms with E-state index in [0.717, 1.165) is 43.6 Å². The number of hydrogen-bond donors (Lipinski definition) is 1. The summed E-state index contributed by atoms with van der Waals surface area (Å²) in [7, 11) is 0. The average molecular weight is 397 g/mol. The van der Waals surface area contributed by atoms with Crippen molar-refractivity contribution < 1.29 is 0 Å². The van der Waals surface area contributed by atoms with Crippen molar-refractivity contribution in [1.82, 2.24) is 19.7 Å². The topological polar surface area (TPSA) is 53.9 Å². The summed E-state index contributed by atoms with van der Waals surface area (Å²) in [6, 6.07) is 0. The van der Waals surface area contributed by atoms with Crippen molar-refractivity contribution in [1.29, 1.82) is 0 Å². The number of aromatic amines is 1. The van der Waals surface area contributed by atoms with Crippen LogP contribution in [0.4, 0.5) is 0 Å². The van der Waals surface area contributed by atoms with Crippen LogP contribution in [0.1, 0.15) is 81.5 Å². The summed E-state index contributed by atoms with van der Waals surface area (Å²) in [4.78, 5) is 18.8. The van der Waals surface area contributed by atoms with Gasteiger partial charge in [0.2, 0.25) is 0 Å². The Hall–Kier alpha value is -1.62. The van der Waals surface area contributed by atoms with Crippen LogP contribution in [0.15, 0.2) is 4.79 Å². The van der Waals surface area contributed by atoms with Crippen molar-refractivity contribution >= 4 is 11.0 Å². The summed E-state index contributed by atoms with van der Waals surface area (Å²) in [5, 5.41) is 6.49. The second-order valence-electron chi connectivity index (χ2n) is 10.2. The van der Waals surface area contributed by atoms with E-state index in [2.05, 4.69) is 28.4 Å². The predicted molar refractivity (Wildman–Crippen MR) is 118 cm³/mol. The fourth-order valence-electron chi connectivity index (χ4n) is 5.85. The third kappa shape index (κ3) is 3.67. The molecule has 158 valence electrons. The standard InChI is InChI=1S/C24H36N4O/c1-16(2)13-27-12-6-7-17(14-27)15-28-23-21(22(26-28)18-8-5-9-18)19-10-3-4-11-20(19)24(29)25-23/h16-18H,3-15H2,1-2H3,(H,25,29). The maximum Gasteiger partial charge on any atom is 0.253 e. The molecule has 1 atom stereocenters. The molecule has 0 aromatic carbocycles. The second kappa shape index (κ2) is 7.90. The lowest BCUT2D eigenvalue weighted by Gasteiger charge is -2.33. The summed E-state index contributed by atoms with van der Waals surface area (Å²) in [5.74, 6) is 1.94. The van der Waals surface area contributed by atoms with Crippen LogP contribution < -0.4 is 5.56 Å². The van der Waals surface area contributed by atoms with Crippen LogP contribution in [0.2, 0.25) is 0 Å². The van der Waals surface area contributed by atoms with E-state index >= 15 is 0 Å². The zero-order valence-electron chi connectivity index (χ0n) is 18.2. The molecule has 2 aliphatic carbocycles. The van der Waals surface area contributed by atoms with Gasteiger partial charge in [-0.25, -0.2) is 4.68 Å². The molecule has 5 heteroatoms. The highest BCUT2D eigenvalue weighted by Crippen LogP contribution is 2.41. The van der Waals surface area contributed by atoms with Gasteiger partial charge in [0.05, 0.1) is 5.69 Å². The second-order valence-corrected chi connectivity index (χ2v) is 10.2. The number of nitrogens with one attached hydrogen (secondary N) is 1. The van der Waals surface area contributed by atoms with Gasteiger partial charge in [0, 0.05) is 36.5 Å². The van der Waals surface area contributed by atoms with Crippen LogP contribution in [0.3, 0.4) is 0 Å². The molecule has 3 aliphatic rings. The monoisotopic (exact) mass is 396 g/mol. The number of H-pyrrole nitrogens is 1. The summed E-state index contributed by atoms with van der Waals surface area (Å²) >= 11 is 0. The van der Waals surface area contributed by atoms with Gasteiger partial charge in [-0.1, -0.05) is 20.3 Å². The fourth-order valence-corrected chi connectivity index (χ4v) is 5.85. The number of rotatable bonds is 5. The minimum atomic E-state index is 0.138. The number of aromatic nitrogens is 3. The molecule has 0 spiro atoms. The van der Waals surface area contributed by atoms with Crippen LogP contribution in [-0.4, -0.2) is 39.3 Å². The van der Waals surface area contributed by atoms with Gasteiger partial charge in [0.25, 0.3) is 5.56 Å². The van der Waals surface area contributed by atoms with Crippen LogP contribution >= 0.6 is 0 Å². The van der Waals surface area contributed by atoms with Gasteiger partial charge in [0.1, 0.15) is 5.65 Å². The van der Waals surface area contributed by atoms with Gasteiger partial charge >= 0.3 is 0 Å². The van der Waals surface area contributed by atoms with Gasteiger partial charge in [0.15, 0.2) is 0 Å². The van der Waals surface area contributed by atoms with E-state index in [4.69, 9.17) is 5.10 Å². The zero-order valence-corrected chi connectivity index (χ0v) is 18.2. The smallest absolute Gasteiger partial charge is 0.253 e. The van der Waals surface area contributed by atoms with Crippen molar-refractivity contribution in [3.05, 3.63) is 27.2 Å². The molecule has 29 heavy (non-hydrogen) atoms. The van der Waals surface area contributed by atoms with Gasteiger partial charge in [-0.15, -0.1) is 0 Å². The highest BCUT2D eigenvalue weighted by atomic mass is 16.1. The maximum absolute atomic E-state index is 12.9.